The van der Waals surface area contributed by atoms with Crippen molar-refractivity contribution in [3.63, 3.8) is 0 Å². The van der Waals surface area contributed by atoms with E-state index in [1.165, 1.54) is 12.1 Å². The monoisotopic (exact) mass is 376 g/mol. The van der Waals surface area contributed by atoms with Crippen molar-refractivity contribution in [2.75, 3.05) is 6.79 Å². The fraction of sp³-hybridized carbons (Fsp3) is 0.350. The summed E-state index contributed by atoms with van der Waals surface area (Å²) in [6, 6.07) is 9.61. The molecule has 2 aromatic carbocycles. The van der Waals surface area contributed by atoms with Crippen molar-refractivity contribution in [2.45, 2.75) is 37.9 Å². The van der Waals surface area contributed by atoms with Gasteiger partial charge in [0.25, 0.3) is 0 Å². The Hall–Kier alpha value is -2.11. The van der Waals surface area contributed by atoms with Crippen LogP contribution in [0.5, 0.6) is 5.75 Å². The average Bonchev–Trinajstić information content (AvgIpc) is 2.60. The molecule has 0 saturated heterocycles. The number of halogens is 2. The number of ether oxygens (including phenoxy) is 3. The Morgan fingerprint density at radius 3 is 2.69 bits per heavy atom. The third-order valence-corrected chi connectivity index (χ3v) is 5.32. The molecule has 1 aliphatic carbocycles. The number of rotatable bonds is 4. The maximum atomic E-state index is 13.2. The Morgan fingerprint density at radius 2 is 2.00 bits per heavy atom. The molecular weight excluding hydrogens is 359 g/mol. The molecule has 0 atom stereocenters. The Labute approximate surface area is 155 Å². The van der Waals surface area contributed by atoms with E-state index in [0.717, 1.165) is 23.1 Å². The molecule has 0 aromatic heterocycles. The van der Waals surface area contributed by atoms with Gasteiger partial charge >= 0.3 is 5.97 Å². The average molecular weight is 377 g/mol. The second kappa shape index (κ2) is 6.89. The van der Waals surface area contributed by atoms with E-state index in [0.29, 0.717) is 30.2 Å². The lowest BCUT2D eigenvalue weighted by molar-refractivity contribution is -0.156. The van der Waals surface area contributed by atoms with Crippen LogP contribution >= 0.6 is 11.6 Å². The van der Waals surface area contributed by atoms with Crippen molar-refractivity contribution < 1.29 is 23.4 Å². The predicted molar refractivity (Wildman–Crippen MR) is 93.5 cm³/mol. The molecule has 26 heavy (non-hydrogen) atoms. The van der Waals surface area contributed by atoms with Gasteiger partial charge < -0.3 is 14.2 Å². The number of fused-ring (bicyclic) bond motifs is 1. The number of carbonyl (C=O) groups excluding carboxylic acids is 1. The zero-order valence-electron chi connectivity index (χ0n) is 14.1. The van der Waals surface area contributed by atoms with Crippen LogP contribution in [-0.4, -0.2) is 12.8 Å². The summed E-state index contributed by atoms with van der Waals surface area (Å²) in [7, 11) is 0. The van der Waals surface area contributed by atoms with Gasteiger partial charge in [-0.3, -0.25) is 4.79 Å². The minimum Gasteiger partial charge on any atom is -0.467 e. The molecule has 1 saturated carbocycles. The molecule has 0 bridgehead atoms. The van der Waals surface area contributed by atoms with Gasteiger partial charge in [-0.25, -0.2) is 4.39 Å². The normalized spacial score (nSPS) is 17.6. The molecule has 0 amide bonds. The summed E-state index contributed by atoms with van der Waals surface area (Å²) < 4.78 is 29.7. The number of esters is 1. The van der Waals surface area contributed by atoms with Crippen molar-refractivity contribution in [3.8, 4) is 5.75 Å². The third-order valence-electron chi connectivity index (χ3n) is 5.11. The third kappa shape index (κ3) is 3.06. The summed E-state index contributed by atoms with van der Waals surface area (Å²) in [5.74, 6) is 0.0514. The van der Waals surface area contributed by atoms with E-state index in [4.69, 9.17) is 25.8 Å². The Balaban J connectivity index is 1.53. The molecule has 2 aliphatic rings. The summed E-state index contributed by atoms with van der Waals surface area (Å²) in [4.78, 5) is 12.8. The highest BCUT2D eigenvalue weighted by Crippen LogP contribution is 2.45. The van der Waals surface area contributed by atoms with Gasteiger partial charge in [0.2, 0.25) is 0 Å². The Bertz CT molecular complexity index is 830. The lowest BCUT2D eigenvalue weighted by Gasteiger charge is -2.39. The van der Waals surface area contributed by atoms with Crippen LogP contribution in [-0.2, 0) is 32.9 Å². The maximum absolute atomic E-state index is 13.2. The van der Waals surface area contributed by atoms with Gasteiger partial charge in [0, 0.05) is 16.1 Å². The molecule has 0 radical (unpaired) electrons. The van der Waals surface area contributed by atoms with Crippen molar-refractivity contribution >= 4 is 17.6 Å². The summed E-state index contributed by atoms with van der Waals surface area (Å²) in [6.45, 7) is 0.649. The molecule has 1 heterocycles. The van der Waals surface area contributed by atoms with E-state index in [-0.39, 0.29) is 25.2 Å². The second-order valence-corrected chi connectivity index (χ2v) is 7.12. The number of hydrogen-bond acceptors (Lipinski definition) is 4. The van der Waals surface area contributed by atoms with Crippen LogP contribution < -0.4 is 4.74 Å². The van der Waals surface area contributed by atoms with Gasteiger partial charge in [0.1, 0.15) is 18.2 Å². The van der Waals surface area contributed by atoms with Crippen LogP contribution in [0.2, 0.25) is 5.02 Å². The summed E-state index contributed by atoms with van der Waals surface area (Å²) in [5, 5.41) is 0.542. The van der Waals surface area contributed by atoms with Gasteiger partial charge in [0.15, 0.2) is 6.79 Å². The minimum absolute atomic E-state index is 0.0741. The van der Waals surface area contributed by atoms with Crippen LogP contribution in [0, 0.1) is 5.82 Å². The van der Waals surface area contributed by atoms with E-state index >= 15 is 0 Å². The fourth-order valence-corrected chi connectivity index (χ4v) is 3.82. The molecule has 4 rings (SSSR count). The molecule has 0 unspecified atom stereocenters. The Kier molecular flexibility index (Phi) is 4.59. The van der Waals surface area contributed by atoms with E-state index in [9.17, 15) is 9.18 Å². The first kappa shape index (κ1) is 17.3. The molecule has 6 heteroatoms. The van der Waals surface area contributed by atoms with E-state index < -0.39 is 5.41 Å². The van der Waals surface area contributed by atoms with Gasteiger partial charge in [-0.05, 0) is 42.7 Å². The van der Waals surface area contributed by atoms with Crippen LogP contribution in [0.25, 0.3) is 0 Å². The largest absolute Gasteiger partial charge is 0.467 e. The van der Waals surface area contributed by atoms with Crippen LogP contribution in [0.1, 0.15) is 36.0 Å². The van der Waals surface area contributed by atoms with E-state index in [2.05, 4.69) is 0 Å². The number of hydrogen-bond donors (Lipinski definition) is 0. The lowest BCUT2D eigenvalue weighted by Crippen LogP contribution is -2.43. The molecule has 1 aliphatic heterocycles. The summed E-state index contributed by atoms with van der Waals surface area (Å²) in [5.41, 5.74) is 1.67. The predicted octanol–water partition coefficient (Wildman–Crippen LogP) is 4.51. The highest BCUT2D eigenvalue weighted by molar-refractivity contribution is 6.30. The SMILES string of the molecule is O=C(OCc1cc(Cl)cc2c1OCOC2)C1(c2ccc(F)cc2)CCC1. The van der Waals surface area contributed by atoms with Crippen LogP contribution in [0.4, 0.5) is 4.39 Å². The molecule has 0 spiro atoms. The fourth-order valence-electron chi connectivity index (χ4n) is 3.56. The highest BCUT2D eigenvalue weighted by Gasteiger charge is 2.47. The first-order valence-corrected chi connectivity index (χ1v) is 8.91. The van der Waals surface area contributed by atoms with Crippen molar-refractivity contribution in [1.82, 2.24) is 0 Å². The molecule has 4 nitrogen and oxygen atoms in total. The van der Waals surface area contributed by atoms with E-state index in [1.807, 2.05) is 0 Å². The van der Waals surface area contributed by atoms with Gasteiger partial charge in [0.05, 0.1) is 12.0 Å². The molecule has 136 valence electrons. The maximum Gasteiger partial charge on any atom is 0.316 e. The molecular formula is C20H18ClFO4. The number of carbonyl (C=O) groups is 1. The molecule has 1 fully saturated rings. The number of benzene rings is 2. The summed E-state index contributed by atoms with van der Waals surface area (Å²) in [6.07, 6.45) is 2.35. The zero-order chi connectivity index (χ0) is 18.1. The zero-order valence-corrected chi connectivity index (χ0v) is 14.9. The van der Waals surface area contributed by atoms with Crippen LogP contribution in [0.3, 0.4) is 0 Å². The first-order valence-electron chi connectivity index (χ1n) is 8.54. The highest BCUT2D eigenvalue weighted by atomic mass is 35.5. The Morgan fingerprint density at radius 1 is 1.23 bits per heavy atom. The van der Waals surface area contributed by atoms with Gasteiger partial charge in [-0.2, -0.15) is 0 Å². The first-order chi connectivity index (χ1) is 12.6. The standard InChI is InChI=1S/C20H18ClFO4/c21-16-8-13-10-24-12-26-18(13)14(9-16)11-25-19(23)20(6-1-7-20)15-2-4-17(22)5-3-15/h2-5,8-9H,1,6-7,10-12H2. The van der Waals surface area contributed by atoms with Gasteiger partial charge in [-0.1, -0.05) is 30.2 Å². The quantitative estimate of drug-likeness (QED) is 0.736. The van der Waals surface area contributed by atoms with Crippen molar-refractivity contribution in [1.29, 1.82) is 0 Å². The van der Waals surface area contributed by atoms with Crippen molar-refractivity contribution in [3.05, 3.63) is 63.9 Å². The van der Waals surface area contributed by atoms with Crippen LogP contribution in [0.15, 0.2) is 36.4 Å². The van der Waals surface area contributed by atoms with Gasteiger partial charge in [-0.15, -0.1) is 0 Å². The van der Waals surface area contributed by atoms with E-state index in [1.54, 1.807) is 24.3 Å². The molecule has 0 N–H and O–H groups in total. The smallest absolute Gasteiger partial charge is 0.316 e. The lowest BCUT2D eigenvalue weighted by atomic mass is 9.64. The second-order valence-electron chi connectivity index (χ2n) is 6.68. The minimum atomic E-state index is -0.684. The topological polar surface area (TPSA) is 44.8 Å². The summed E-state index contributed by atoms with van der Waals surface area (Å²) >= 11 is 6.15. The van der Waals surface area contributed by atoms with Crippen molar-refractivity contribution in [2.24, 2.45) is 0 Å². The molecule has 2 aromatic rings.